The smallest absolute Gasteiger partial charge is 0.269 e. The average Bonchev–Trinajstić information content (AvgIpc) is 3.04. The number of aryl methyl sites for hydroxylation is 1. The van der Waals surface area contributed by atoms with E-state index in [4.69, 9.17) is 4.42 Å². The summed E-state index contributed by atoms with van der Waals surface area (Å²) in [4.78, 5) is 22.2. The molecule has 0 atom stereocenters. The zero-order chi connectivity index (χ0) is 17.3. The van der Waals surface area contributed by atoms with Gasteiger partial charge in [0.1, 0.15) is 5.58 Å². The van der Waals surface area contributed by atoms with Gasteiger partial charge in [-0.3, -0.25) is 14.9 Å². The van der Waals surface area contributed by atoms with Crippen LogP contribution in [-0.2, 0) is 16.4 Å². The molecule has 124 valence electrons. The number of benzene rings is 1. The first kappa shape index (κ1) is 15.9. The number of hydrogen-bond acceptors (Lipinski definition) is 6. The first-order chi connectivity index (χ1) is 11.4. The summed E-state index contributed by atoms with van der Waals surface area (Å²) in [5, 5.41) is 11.0. The number of sulfone groups is 1. The fraction of sp³-hybridized carbons (Fsp3) is 0.133. The summed E-state index contributed by atoms with van der Waals surface area (Å²) >= 11 is 0. The highest BCUT2D eigenvalue weighted by atomic mass is 32.2. The lowest BCUT2D eigenvalue weighted by Gasteiger charge is -2.07. The Kier molecular flexibility index (Phi) is 3.94. The van der Waals surface area contributed by atoms with E-state index in [1.54, 1.807) is 6.07 Å². The van der Waals surface area contributed by atoms with Crippen molar-refractivity contribution in [2.24, 2.45) is 0 Å². The molecule has 1 aromatic carbocycles. The van der Waals surface area contributed by atoms with E-state index >= 15 is 0 Å². The van der Waals surface area contributed by atoms with Gasteiger partial charge in [0.05, 0.1) is 27.2 Å². The molecule has 2 heterocycles. The van der Waals surface area contributed by atoms with E-state index in [2.05, 4.69) is 0 Å². The quantitative estimate of drug-likeness (QED) is 0.515. The second kappa shape index (κ2) is 5.93. The van der Waals surface area contributed by atoms with E-state index in [1.165, 1.54) is 35.2 Å². The number of nitro groups is 1. The molecule has 24 heavy (non-hydrogen) atoms. The van der Waals surface area contributed by atoms with Crippen LogP contribution in [0, 0.1) is 10.1 Å². The highest BCUT2D eigenvalue weighted by Gasteiger charge is 2.17. The number of nitro benzene ring substituents is 1. The van der Waals surface area contributed by atoms with Gasteiger partial charge in [-0.25, -0.2) is 8.42 Å². The summed E-state index contributed by atoms with van der Waals surface area (Å²) in [6.07, 6.45) is 2.86. The van der Waals surface area contributed by atoms with E-state index in [9.17, 15) is 23.3 Å². The topological polar surface area (TPSA) is 112 Å². The van der Waals surface area contributed by atoms with Crippen molar-refractivity contribution in [2.75, 3.05) is 5.75 Å². The van der Waals surface area contributed by atoms with E-state index in [1.807, 2.05) is 0 Å². The summed E-state index contributed by atoms with van der Waals surface area (Å²) < 4.78 is 31.0. The van der Waals surface area contributed by atoms with E-state index in [-0.39, 0.29) is 28.4 Å². The van der Waals surface area contributed by atoms with Crippen molar-refractivity contribution in [3.05, 3.63) is 69.3 Å². The second-order valence-electron chi connectivity index (χ2n) is 5.08. The number of pyridine rings is 1. The Hall–Kier alpha value is -2.94. The molecule has 3 aromatic rings. The van der Waals surface area contributed by atoms with E-state index < -0.39 is 14.8 Å². The van der Waals surface area contributed by atoms with Gasteiger partial charge in [0, 0.05) is 24.9 Å². The molecule has 8 nitrogen and oxygen atoms in total. The fourth-order valence-electron chi connectivity index (χ4n) is 2.29. The second-order valence-corrected chi connectivity index (χ2v) is 7.19. The molecule has 0 saturated heterocycles. The average molecular weight is 348 g/mol. The molecule has 3 rings (SSSR count). The van der Waals surface area contributed by atoms with Crippen LogP contribution in [0.5, 0.6) is 0 Å². The van der Waals surface area contributed by atoms with Crippen LogP contribution in [0.15, 0.2) is 63.0 Å². The molecule has 0 amide bonds. The molecule has 0 saturated carbocycles. The summed E-state index contributed by atoms with van der Waals surface area (Å²) in [7, 11) is -3.66. The zero-order valence-electron chi connectivity index (χ0n) is 12.3. The highest BCUT2D eigenvalue weighted by molar-refractivity contribution is 7.91. The number of hydrogen-bond donors (Lipinski definition) is 0. The number of fused-ring (bicyclic) bond motifs is 1. The van der Waals surface area contributed by atoms with Crippen LogP contribution >= 0.6 is 0 Å². The number of rotatable bonds is 5. The molecule has 0 spiro atoms. The number of furan rings is 1. The van der Waals surface area contributed by atoms with Crippen LogP contribution in [0.3, 0.4) is 0 Å². The molecule has 0 bridgehead atoms. The van der Waals surface area contributed by atoms with Gasteiger partial charge in [-0.05, 0) is 24.3 Å². The minimum atomic E-state index is -3.66. The van der Waals surface area contributed by atoms with Crippen molar-refractivity contribution >= 4 is 26.5 Å². The third-order valence-electron chi connectivity index (χ3n) is 3.60. The van der Waals surface area contributed by atoms with Crippen LogP contribution in [0.1, 0.15) is 0 Å². The number of nitrogens with zero attached hydrogens (tertiary/aromatic N) is 2. The molecule has 2 aromatic heterocycles. The van der Waals surface area contributed by atoms with Gasteiger partial charge >= 0.3 is 0 Å². The lowest BCUT2D eigenvalue weighted by atomic mass is 10.3. The third-order valence-corrected chi connectivity index (χ3v) is 5.31. The molecule has 0 unspecified atom stereocenters. The van der Waals surface area contributed by atoms with Gasteiger partial charge in [0.15, 0.2) is 9.84 Å². The van der Waals surface area contributed by atoms with Crippen molar-refractivity contribution in [3.8, 4) is 0 Å². The Bertz CT molecular complexity index is 1060. The van der Waals surface area contributed by atoms with Gasteiger partial charge in [0.25, 0.3) is 11.2 Å². The maximum atomic E-state index is 12.3. The van der Waals surface area contributed by atoms with Crippen LogP contribution < -0.4 is 5.56 Å². The summed E-state index contributed by atoms with van der Waals surface area (Å²) in [5.74, 6) is -0.298. The molecule has 0 aliphatic carbocycles. The zero-order valence-corrected chi connectivity index (χ0v) is 13.1. The lowest BCUT2D eigenvalue weighted by Crippen LogP contribution is -2.23. The van der Waals surface area contributed by atoms with Crippen molar-refractivity contribution in [1.82, 2.24) is 4.57 Å². The maximum absolute atomic E-state index is 12.3. The van der Waals surface area contributed by atoms with E-state index in [0.717, 1.165) is 12.1 Å². The molecule has 0 radical (unpaired) electrons. The Morgan fingerprint density at radius 2 is 1.83 bits per heavy atom. The first-order valence-corrected chi connectivity index (χ1v) is 8.57. The molecular formula is C15H12N2O6S. The Morgan fingerprint density at radius 3 is 2.50 bits per heavy atom. The minimum Gasteiger partial charge on any atom is -0.464 e. The largest absolute Gasteiger partial charge is 0.464 e. The van der Waals surface area contributed by atoms with Crippen molar-refractivity contribution in [2.45, 2.75) is 11.4 Å². The van der Waals surface area contributed by atoms with Gasteiger partial charge in [-0.2, -0.15) is 0 Å². The first-order valence-electron chi connectivity index (χ1n) is 6.92. The Labute approximate surface area is 136 Å². The maximum Gasteiger partial charge on any atom is 0.269 e. The molecule has 0 fully saturated rings. The predicted molar refractivity (Wildman–Crippen MR) is 85.6 cm³/mol. The van der Waals surface area contributed by atoms with Gasteiger partial charge in [-0.15, -0.1) is 0 Å². The summed E-state index contributed by atoms with van der Waals surface area (Å²) in [6, 6.07) is 7.77. The molecule has 9 heteroatoms. The Balaban J connectivity index is 1.82. The van der Waals surface area contributed by atoms with Gasteiger partial charge in [-0.1, -0.05) is 0 Å². The Morgan fingerprint density at radius 1 is 1.12 bits per heavy atom. The molecule has 0 aliphatic rings. The van der Waals surface area contributed by atoms with Crippen molar-refractivity contribution < 1.29 is 17.8 Å². The number of aromatic nitrogens is 1. The third kappa shape index (κ3) is 2.93. The monoisotopic (exact) mass is 348 g/mol. The molecule has 0 aliphatic heterocycles. The van der Waals surface area contributed by atoms with E-state index in [0.29, 0.717) is 11.0 Å². The van der Waals surface area contributed by atoms with Crippen molar-refractivity contribution in [1.29, 1.82) is 0 Å². The normalized spacial score (nSPS) is 11.7. The highest BCUT2D eigenvalue weighted by Crippen LogP contribution is 2.17. The summed E-state index contributed by atoms with van der Waals surface area (Å²) in [6.45, 7) is -0.0285. The lowest BCUT2D eigenvalue weighted by molar-refractivity contribution is -0.384. The van der Waals surface area contributed by atoms with Crippen LogP contribution in [-0.4, -0.2) is 23.7 Å². The van der Waals surface area contributed by atoms with Crippen LogP contribution in [0.4, 0.5) is 5.69 Å². The minimum absolute atomic E-state index is 0.0226. The number of non-ortho nitro benzene ring substituents is 1. The van der Waals surface area contributed by atoms with Crippen LogP contribution in [0.25, 0.3) is 11.0 Å². The van der Waals surface area contributed by atoms with Crippen molar-refractivity contribution in [3.63, 3.8) is 0 Å². The summed E-state index contributed by atoms with van der Waals surface area (Å²) in [5.41, 5.74) is -0.0785. The fourth-order valence-corrected chi connectivity index (χ4v) is 3.52. The molecule has 0 N–H and O–H groups in total. The molecular weight excluding hydrogens is 336 g/mol. The van der Waals surface area contributed by atoms with Gasteiger partial charge < -0.3 is 8.98 Å². The SMILES string of the molecule is O=c1c2ccoc2ccn1CCS(=O)(=O)c1ccc([N+](=O)[O-])cc1. The standard InChI is InChI=1S/C15H12N2O6S/c18-15-13-6-9-23-14(13)5-7-16(15)8-10-24(21,22)12-3-1-11(2-4-12)17(19)20/h1-7,9H,8,10H2. The predicted octanol–water partition coefficient (Wildman–Crippen LogP) is 1.98. The van der Waals surface area contributed by atoms with Gasteiger partial charge in [0.2, 0.25) is 0 Å². The van der Waals surface area contributed by atoms with Crippen LogP contribution in [0.2, 0.25) is 0 Å².